The largest absolute Gasteiger partial charge is 0.368 e. The first-order valence-corrected chi connectivity index (χ1v) is 7.84. The molecule has 1 aromatic carbocycles. The lowest BCUT2D eigenvalue weighted by Crippen LogP contribution is -2.43. The second-order valence-electron chi connectivity index (χ2n) is 6.16. The van der Waals surface area contributed by atoms with E-state index < -0.39 is 0 Å². The molecule has 1 saturated heterocycles. The maximum Gasteiger partial charge on any atom is 0.128 e. The van der Waals surface area contributed by atoms with Crippen LogP contribution in [0.15, 0.2) is 18.2 Å². The predicted octanol–water partition coefficient (Wildman–Crippen LogP) is 3.73. The molecule has 1 fully saturated rings. The van der Waals surface area contributed by atoms with Crippen molar-refractivity contribution in [2.45, 2.75) is 58.5 Å². The van der Waals surface area contributed by atoms with Crippen molar-refractivity contribution in [2.24, 2.45) is 11.7 Å². The molecule has 3 unspecified atom stereocenters. The minimum absolute atomic E-state index is 0.0307. The van der Waals surface area contributed by atoms with Crippen molar-refractivity contribution in [2.75, 3.05) is 11.4 Å². The number of hydrogen-bond acceptors (Lipinski definition) is 2. The van der Waals surface area contributed by atoms with E-state index in [2.05, 4.69) is 31.7 Å². The van der Waals surface area contributed by atoms with E-state index in [4.69, 9.17) is 5.73 Å². The second-order valence-corrected chi connectivity index (χ2v) is 6.16. The summed E-state index contributed by atoms with van der Waals surface area (Å²) in [5.74, 6) is 0.538. The monoisotopic (exact) mass is 278 g/mol. The molecular formula is C17H27FN2. The van der Waals surface area contributed by atoms with Crippen LogP contribution in [-0.4, -0.2) is 18.6 Å². The minimum atomic E-state index is -0.114. The molecule has 1 aliphatic rings. The maximum absolute atomic E-state index is 14.2. The van der Waals surface area contributed by atoms with Gasteiger partial charge < -0.3 is 10.6 Å². The Bertz CT molecular complexity index is 447. The third kappa shape index (κ3) is 3.14. The van der Waals surface area contributed by atoms with Gasteiger partial charge in [0.2, 0.25) is 0 Å². The van der Waals surface area contributed by atoms with Gasteiger partial charge in [-0.2, -0.15) is 0 Å². The van der Waals surface area contributed by atoms with Gasteiger partial charge in [-0.15, -0.1) is 0 Å². The van der Waals surface area contributed by atoms with E-state index in [0.29, 0.717) is 18.4 Å². The molecule has 0 amide bonds. The van der Waals surface area contributed by atoms with Gasteiger partial charge in [-0.3, -0.25) is 0 Å². The van der Waals surface area contributed by atoms with Crippen LogP contribution < -0.4 is 10.6 Å². The summed E-state index contributed by atoms with van der Waals surface area (Å²) >= 11 is 0. The summed E-state index contributed by atoms with van der Waals surface area (Å²) < 4.78 is 14.2. The molecule has 1 aromatic rings. The molecule has 0 aromatic heterocycles. The van der Waals surface area contributed by atoms with Crippen LogP contribution in [0, 0.1) is 11.7 Å². The van der Waals surface area contributed by atoms with Crippen LogP contribution in [0.1, 0.15) is 45.6 Å². The number of anilines is 1. The molecule has 0 saturated carbocycles. The average Bonchev–Trinajstić information content (AvgIpc) is 2.44. The van der Waals surface area contributed by atoms with Gasteiger partial charge in [0, 0.05) is 29.9 Å². The summed E-state index contributed by atoms with van der Waals surface area (Å²) in [6.45, 7) is 7.60. The van der Waals surface area contributed by atoms with Gasteiger partial charge in [0.25, 0.3) is 0 Å². The standard InChI is InChI=1S/C17H27FN2/c1-4-14(19)11-15-16(18)8-5-9-17(15)20-10-6-7-12(2)13(20)3/h5,8-9,12-14H,4,6-7,10-11,19H2,1-3H3. The summed E-state index contributed by atoms with van der Waals surface area (Å²) in [5.41, 5.74) is 7.89. The van der Waals surface area contributed by atoms with Crippen molar-refractivity contribution in [3.63, 3.8) is 0 Å². The lowest BCUT2D eigenvalue weighted by atomic mass is 9.90. The Morgan fingerprint density at radius 2 is 2.15 bits per heavy atom. The number of nitrogens with two attached hydrogens (primary N) is 1. The topological polar surface area (TPSA) is 29.3 Å². The van der Waals surface area contributed by atoms with Crippen LogP contribution in [0.5, 0.6) is 0 Å². The average molecular weight is 278 g/mol. The molecule has 0 bridgehead atoms. The zero-order valence-corrected chi connectivity index (χ0v) is 12.9. The minimum Gasteiger partial charge on any atom is -0.368 e. The summed E-state index contributed by atoms with van der Waals surface area (Å²) in [6.07, 6.45) is 3.94. The lowest BCUT2D eigenvalue weighted by Gasteiger charge is -2.40. The van der Waals surface area contributed by atoms with E-state index in [1.54, 1.807) is 6.07 Å². The first-order chi connectivity index (χ1) is 9.54. The van der Waals surface area contributed by atoms with Crippen molar-refractivity contribution in [1.29, 1.82) is 0 Å². The summed E-state index contributed by atoms with van der Waals surface area (Å²) in [6, 6.07) is 5.91. The molecule has 20 heavy (non-hydrogen) atoms. The molecule has 2 rings (SSSR count). The molecule has 0 aliphatic carbocycles. The fourth-order valence-corrected chi connectivity index (χ4v) is 3.10. The smallest absolute Gasteiger partial charge is 0.128 e. The third-order valence-corrected chi connectivity index (χ3v) is 4.77. The van der Waals surface area contributed by atoms with Gasteiger partial charge in [-0.25, -0.2) is 4.39 Å². The van der Waals surface area contributed by atoms with Gasteiger partial charge in [-0.1, -0.05) is 19.9 Å². The Kier molecular flexibility index (Phi) is 5.03. The van der Waals surface area contributed by atoms with Crippen molar-refractivity contribution in [3.8, 4) is 0 Å². The maximum atomic E-state index is 14.2. The van der Waals surface area contributed by atoms with Gasteiger partial charge in [0.1, 0.15) is 5.82 Å². The fourth-order valence-electron chi connectivity index (χ4n) is 3.10. The number of hydrogen-bond donors (Lipinski definition) is 1. The highest BCUT2D eigenvalue weighted by atomic mass is 19.1. The Morgan fingerprint density at radius 3 is 2.85 bits per heavy atom. The van der Waals surface area contributed by atoms with E-state index in [-0.39, 0.29) is 11.9 Å². The number of piperidine rings is 1. The molecule has 112 valence electrons. The molecule has 0 spiro atoms. The molecule has 3 atom stereocenters. The number of rotatable bonds is 4. The van der Waals surface area contributed by atoms with Crippen LogP contribution >= 0.6 is 0 Å². The highest BCUT2D eigenvalue weighted by Gasteiger charge is 2.27. The SMILES string of the molecule is CCC(N)Cc1c(F)cccc1N1CCCC(C)C1C. The van der Waals surface area contributed by atoms with Crippen LogP contribution in [0.2, 0.25) is 0 Å². The first kappa shape index (κ1) is 15.3. The van der Waals surface area contributed by atoms with Crippen molar-refractivity contribution < 1.29 is 4.39 Å². The zero-order chi connectivity index (χ0) is 14.7. The molecule has 2 nitrogen and oxygen atoms in total. The second kappa shape index (κ2) is 6.57. The van der Waals surface area contributed by atoms with Gasteiger partial charge >= 0.3 is 0 Å². The Morgan fingerprint density at radius 1 is 1.40 bits per heavy atom. The Balaban J connectivity index is 2.32. The van der Waals surface area contributed by atoms with Gasteiger partial charge in [-0.05, 0) is 50.7 Å². The van der Waals surface area contributed by atoms with Crippen molar-refractivity contribution >= 4 is 5.69 Å². The quantitative estimate of drug-likeness (QED) is 0.909. The van der Waals surface area contributed by atoms with Crippen molar-refractivity contribution in [1.82, 2.24) is 0 Å². The molecule has 0 radical (unpaired) electrons. The van der Waals surface area contributed by atoms with E-state index in [9.17, 15) is 4.39 Å². The third-order valence-electron chi connectivity index (χ3n) is 4.77. The zero-order valence-electron chi connectivity index (χ0n) is 12.9. The summed E-state index contributed by atoms with van der Waals surface area (Å²) in [5, 5.41) is 0. The highest BCUT2D eigenvalue weighted by Crippen LogP contribution is 2.32. The summed E-state index contributed by atoms with van der Waals surface area (Å²) in [7, 11) is 0. The Hall–Kier alpha value is -1.09. The molecule has 3 heteroatoms. The van der Waals surface area contributed by atoms with Gasteiger partial charge in [0.15, 0.2) is 0 Å². The van der Waals surface area contributed by atoms with E-state index in [1.807, 2.05) is 6.07 Å². The summed E-state index contributed by atoms with van der Waals surface area (Å²) in [4.78, 5) is 2.37. The number of benzene rings is 1. The van der Waals surface area contributed by atoms with Crippen LogP contribution in [-0.2, 0) is 6.42 Å². The molecular weight excluding hydrogens is 251 g/mol. The molecule has 1 aliphatic heterocycles. The predicted molar refractivity (Wildman–Crippen MR) is 83.6 cm³/mol. The van der Waals surface area contributed by atoms with E-state index in [0.717, 1.165) is 24.2 Å². The molecule has 1 heterocycles. The molecule has 2 N–H and O–H groups in total. The van der Waals surface area contributed by atoms with E-state index in [1.165, 1.54) is 12.8 Å². The fraction of sp³-hybridized carbons (Fsp3) is 0.647. The Labute approximate surface area is 122 Å². The van der Waals surface area contributed by atoms with Crippen LogP contribution in [0.25, 0.3) is 0 Å². The van der Waals surface area contributed by atoms with Crippen molar-refractivity contribution in [3.05, 3.63) is 29.6 Å². The van der Waals surface area contributed by atoms with Crippen LogP contribution in [0.3, 0.4) is 0 Å². The highest BCUT2D eigenvalue weighted by molar-refractivity contribution is 5.55. The van der Waals surface area contributed by atoms with Crippen LogP contribution in [0.4, 0.5) is 10.1 Å². The first-order valence-electron chi connectivity index (χ1n) is 7.84. The van der Waals surface area contributed by atoms with Gasteiger partial charge in [0.05, 0.1) is 0 Å². The number of nitrogens with zero attached hydrogens (tertiary/aromatic N) is 1. The normalized spacial score (nSPS) is 24.8. The van der Waals surface area contributed by atoms with E-state index >= 15 is 0 Å². The lowest BCUT2D eigenvalue weighted by molar-refractivity contribution is 0.362. The number of halogens is 1.